The van der Waals surface area contributed by atoms with Crippen LogP contribution in [0.1, 0.15) is 16.7 Å². The van der Waals surface area contributed by atoms with Gasteiger partial charge in [0.25, 0.3) is 0 Å². The van der Waals surface area contributed by atoms with Gasteiger partial charge in [-0.05, 0) is 23.8 Å². The summed E-state index contributed by atoms with van der Waals surface area (Å²) in [5.74, 6) is 0. The lowest BCUT2D eigenvalue weighted by atomic mass is 10.0. The van der Waals surface area contributed by atoms with Crippen molar-refractivity contribution in [2.24, 2.45) is 0 Å². The van der Waals surface area contributed by atoms with Gasteiger partial charge in [0.1, 0.15) is 0 Å². The topological polar surface area (TPSA) is 47.6 Å². The zero-order valence-corrected chi connectivity index (χ0v) is 7.92. The largest absolute Gasteiger partial charge is 0.417 e. The fraction of sp³-hybridized carbons (Fsp3) is 0.0909. The van der Waals surface area contributed by atoms with Gasteiger partial charge in [-0.25, -0.2) is 0 Å². The van der Waals surface area contributed by atoms with Crippen LogP contribution in [-0.4, -0.2) is 0 Å². The monoisotopic (exact) mass is 222 g/mol. The van der Waals surface area contributed by atoms with Crippen molar-refractivity contribution in [3.8, 4) is 12.1 Å². The minimum Gasteiger partial charge on any atom is -0.193 e. The van der Waals surface area contributed by atoms with Crippen molar-refractivity contribution >= 4 is 6.08 Å². The van der Waals surface area contributed by atoms with E-state index in [1.165, 1.54) is 18.2 Å². The van der Waals surface area contributed by atoms with Gasteiger partial charge in [0.2, 0.25) is 0 Å². The molecule has 0 spiro atoms. The van der Waals surface area contributed by atoms with E-state index >= 15 is 0 Å². The Labute approximate surface area is 89.8 Å². The van der Waals surface area contributed by atoms with Crippen LogP contribution >= 0.6 is 0 Å². The molecule has 1 aromatic carbocycles. The van der Waals surface area contributed by atoms with Gasteiger partial charge in [0, 0.05) is 6.08 Å². The van der Waals surface area contributed by atoms with Crippen molar-refractivity contribution in [2.45, 2.75) is 6.18 Å². The van der Waals surface area contributed by atoms with Crippen molar-refractivity contribution in [3.63, 3.8) is 0 Å². The second-order valence-corrected chi connectivity index (χ2v) is 2.88. The van der Waals surface area contributed by atoms with Crippen LogP contribution in [0.5, 0.6) is 0 Å². The van der Waals surface area contributed by atoms with Gasteiger partial charge < -0.3 is 0 Å². The predicted molar refractivity (Wildman–Crippen MR) is 50.8 cm³/mol. The molecule has 80 valence electrons. The first-order valence-corrected chi connectivity index (χ1v) is 4.16. The summed E-state index contributed by atoms with van der Waals surface area (Å²) in [6.07, 6.45) is -2.25. The zero-order valence-electron chi connectivity index (χ0n) is 7.92. The van der Waals surface area contributed by atoms with Gasteiger partial charge in [0.15, 0.2) is 0 Å². The molecule has 0 radical (unpaired) electrons. The first-order chi connectivity index (χ1) is 7.49. The Morgan fingerprint density at radius 3 is 2.38 bits per heavy atom. The van der Waals surface area contributed by atoms with Crippen molar-refractivity contribution in [3.05, 3.63) is 41.0 Å². The van der Waals surface area contributed by atoms with E-state index in [9.17, 15) is 13.2 Å². The Morgan fingerprint density at radius 1 is 1.19 bits per heavy atom. The summed E-state index contributed by atoms with van der Waals surface area (Å²) in [7, 11) is 0. The normalized spacial score (nSPS) is 11.1. The standard InChI is InChI=1S/C11H5F3N2/c12-11(13,14)10-6-8(2-1-5-15)3-4-9(10)7-16/h1-4,6H. The third kappa shape index (κ3) is 2.61. The molecular formula is C11H5F3N2. The second-order valence-electron chi connectivity index (χ2n) is 2.88. The Hall–Kier alpha value is -2.27. The van der Waals surface area contributed by atoms with E-state index in [2.05, 4.69) is 0 Å². The van der Waals surface area contributed by atoms with E-state index in [1.54, 1.807) is 6.07 Å². The van der Waals surface area contributed by atoms with Crippen molar-refractivity contribution in [1.82, 2.24) is 0 Å². The highest BCUT2D eigenvalue weighted by atomic mass is 19.4. The molecule has 1 aromatic rings. The summed E-state index contributed by atoms with van der Waals surface area (Å²) in [6, 6.07) is 6.42. The average Bonchev–Trinajstić information content (AvgIpc) is 2.24. The number of nitriles is 2. The van der Waals surface area contributed by atoms with Gasteiger partial charge in [-0.15, -0.1) is 0 Å². The van der Waals surface area contributed by atoms with E-state index in [4.69, 9.17) is 10.5 Å². The van der Waals surface area contributed by atoms with E-state index in [1.807, 2.05) is 0 Å². The lowest BCUT2D eigenvalue weighted by Crippen LogP contribution is -2.07. The van der Waals surface area contributed by atoms with Crippen LogP contribution in [0.2, 0.25) is 0 Å². The average molecular weight is 222 g/mol. The van der Waals surface area contributed by atoms with E-state index < -0.39 is 17.3 Å². The first kappa shape index (κ1) is 11.8. The molecular weight excluding hydrogens is 217 g/mol. The molecule has 1 rings (SSSR count). The summed E-state index contributed by atoms with van der Waals surface area (Å²) >= 11 is 0. The van der Waals surface area contributed by atoms with Gasteiger partial charge in [0.05, 0.1) is 23.3 Å². The highest BCUT2D eigenvalue weighted by Crippen LogP contribution is 2.32. The molecule has 0 unspecified atom stereocenters. The molecule has 0 bridgehead atoms. The number of nitrogens with zero attached hydrogens (tertiary/aromatic N) is 2. The summed E-state index contributed by atoms with van der Waals surface area (Å²) in [5, 5.41) is 16.8. The van der Waals surface area contributed by atoms with E-state index in [-0.39, 0.29) is 5.56 Å². The van der Waals surface area contributed by atoms with Gasteiger partial charge >= 0.3 is 6.18 Å². The predicted octanol–water partition coefficient (Wildman–Crippen LogP) is 3.11. The SMILES string of the molecule is N#CC=Cc1ccc(C#N)c(C(F)(F)F)c1. The second kappa shape index (κ2) is 4.50. The fourth-order valence-electron chi connectivity index (χ4n) is 1.13. The molecule has 0 N–H and O–H groups in total. The quantitative estimate of drug-likeness (QED) is 0.685. The number of halogens is 3. The maximum atomic E-state index is 12.5. The molecule has 5 heteroatoms. The molecule has 0 saturated carbocycles. The van der Waals surface area contributed by atoms with Gasteiger partial charge in [-0.2, -0.15) is 23.7 Å². The van der Waals surface area contributed by atoms with Crippen LogP contribution in [-0.2, 0) is 6.18 Å². The van der Waals surface area contributed by atoms with Crippen LogP contribution in [0, 0.1) is 22.7 Å². The van der Waals surface area contributed by atoms with Gasteiger partial charge in [-0.1, -0.05) is 6.07 Å². The first-order valence-electron chi connectivity index (χ1n) is 4.16. The summed E-state index contributed by atoms with van der Waals surface area (Å²) < 4.78 is 37.5. The Morgan fingerprint density at radius 2 is 1.88 bits per heavy atom. The summed E-state index contributed by atoms with van der Waals surface area (Å²) in [6.45, 7) is 0. The van der Waals surface area contributed by atoms with E-state index in [0.717, 1.165) is 18.2 Å². The zero-order chi connectivity index (χ0) is 12.2. The molecule has 0 amide bonds. The van der Waals surface area contributed by atoms with Crippen molar-refractivity contribution in [2.75, 3.05) is 0 Å². The van der Waals surface area contributed by atoms with Crippen molar-refractivity contribution < 1.29 is 13.2 Å². The fourth-order valence-corrected chi connectivity index (χ4v) is 1.13. The third-order valence-corrected chi connectivity index (χ3v) is 1.82. The van der Waals surface area contributed by atoms with Crippen LogP contribution < -0.4 is 0 Å². The molecule has 0 aliphatic rings. The van der Waals surface area contributed by atoms with Crippen LogP contribution in [0.15, 0.2) is 24.3 Å². The lowest BCUT2D eigenvalue weighted by Gasteiger charge is -2.08. The summed E-state index contributed by atoms with van der Waals surface area (Å²) in [5.41, 5.74) is -1.19. The minimum atomic E-state index is -4.57. The molecule has 2 nitrogen and oxygen atoms in total. The smallest absolute Gasteiger partial charge is 0.193 e. The molecule has 0 atom stereocenters. The lowest BCUT2D eigenvalue weighted by molar-refractivity contribution is -0.137. The van der Waals surface area contributed by atoms with Gasteiger partial charge in [-0.3, -0.25) is 0 Å². The maximum Gasteiger partial charge on any atom is 0.417 e. The maximum absolute atomic E-state index is 12.5. The molecule has 0 aliphatic heterocycles. The Bertz CT molecular complexity index is 501. The summed E-state index contributed by atoms with van der Waals surface area (Å²) in [4.78, 5) is 0. The number of benzene rings is 1. The highest BCUT2D eigenvalue weighted by Gasteiger charge is 2.33. The molecule has 0 saturated heterocycles. The Balaban J connectivity index is 3.30. The number of rotatable bonds is 1. The molecule has 0 aliphatic carbocycles. The van der Waals surface area contributed by atoms with Crippen molar-refractivity contribution in [1.29, 1.82) is 10.5 Å². The van der Waals surface area contributed by atoms with E-state index in [0.29, 0.717) is 0 Å². The Kier molecular flexibility index (Phi) is 3.32. The van der Waals surface area contributed by atoms with Crippen LogP contribution in [0.4, 0.5) is 13.2 Å². The molecule has 0 aromatic heterocycles. The number of alkyl halides is 3. The van der Waals surface area contributed by atoms with Crippen LogP contribution in [0.25, 0.3) is 6.08 Å². The highest BCUT2D eigenvalue weighted by molar-refractivity contribution is 5.56. The molecule has 16 heavy (non-hydrogen) atoms. The number of hydrogen-bond donors (Lipinski definition) is 0. The molecule has 0 heterocycles. The minimum absolute atomic E-state index is 0.230. The molecule has 0 fully saturated rings. The number of hydrogen-bond acceptors (Lipinski definition) is 2. The number of allylic oxidation sites excluding steroid dienone is 1. The third-order valence-electron chi connectivity index (χ3n) is 1.82. The van der Waals surface area contributed by atoms with Crippen LogP contribution in [0.3, 0.4) is 0 Å².